The predicted molar refractivity (Wildman–Crippen MR) is 128 cm³/mol. The molecule has 1 aliphatic heterocycles. The van der Waals surface area contributed by atoms with Gasteiger partial charge in [-0.2, -0.15) is 0 Å². The molecule has 2 aromatic carbocycles. The molecule has 1 heterocycles. The highest BCUT2D eigenvalue weighted by atomic mass is 35.5. The fraction of sp³-hybridized carbons (Fsp3) is 0.462. The molecule has 5 nitrogen and oxygen atoms in total. The largest absolute Gasteiger partial charge is 0.493 e. The Balaban J connectivity index is 1.66. The third-order valence-corrected chi connectivity index (χ3v) is 6.76. The number of hydrogen-bond donors (Lipinski definition) is 1. The van der Waals surface area contributed by atoms with Crippen molar-refractivity contribution in [2.75, 3.05) is 19.7 Å². The van der Waals surface area contributed by atoms with Crippen LogP contribution in [-0.4, -0.2) is 36.4 Å². The number of carbonyl (C=O) groups excluding carboxylic acids is 2. The van der Waals surface area contributed by atoms with E-state index in [1.807, 2.05) is 48.2 Å². The second-order valence-electron chi connectivity index (χ2n) is 9.96. The molecule has 2 amide bonds. The molecule has 3 rings (SSSR count). The molecule has 1 aliphatic rings. The molecule has 2 aromatic rings. The summed E-state index contributed by atoms with van der Waals surface area (Å²) >= 11 is 6.10. The minimum atomic E-state index is -0.383. The van der Waals surface area contributed by atoms with Crippen LogP contribution in [0.3, 0.4) is 0 Å². The Morgan fingerprint density at radius 1 is 1.09 bits per heavy atom. The lowest BCUT2D eigenvalue weighted by atomic mass is 9.76. The number of nitrogens with zero attached hydrogens (tertiary/aromatic N) is 1. The first-order chi connectivity index (χ1) is 15.0. The Labute approximate surface area is 195 Å². The van der Waals surface area contributed by atoms with E-state index in [1.54, 1.807) is 6.07 Å². The number of aryl methyl sites for hydroxylation is 1. The highest BCUT2D eigenvalue weighted by molar-refractivity contribution is 6.31. The molecule has 0 aromatic heterocycles. The quantitative estimate of drug-likeness (QED) is 0.655. The van der Waals surface area contributed by atoms with Crippen LogP contribution in [0.1, 0.15) is 61.5 Å². The lowest BCUT2D eigenvalue weighted by Crippen LogP contribution is -2.47. The van der Waals surface area contributed by atoms with Crippen LogP contribution in [0.5, 0.6) is 5.75 Å². The van der Waals surface area contributed by atoms with Gasteiger partial charge in [-0.15, -0.1) is 0 Å². The topological polar surface area (TPSA) is 72.6 Å². The number of ether oxygens (including phenoxy) is 1. The highest BCUT2D eigenvalue weighted by Gasteiger charge is 2.38. The summed E-state index contributed by atoms with van der Waals surface area (Å²) in [6.07, 6.45) is 1.56. The van der Waals surface area contributed by atoms with Gasteiger partial charge in [-0.1, -0.05) is 44.5 Å². The number of halogens is 1. The molecule has 32 heavy (non-hydrogen) atoms. The molecule has 0 unspecified atom stereocenters. The molecule has 0 atom stereocenters. The molecule has 0 spiro atoms. The predicted octanol–water partition coefficient (Wildman–Crippen LogP) is 5.12. The maximum absolute atomic E-state index is 13.0. The monoisotopic (exact) mass is 456 g/mol. The highest BCUT2D eigenvalue weighted by Crippen LogP contribution is 2.36. The molecular weight excluding hydrogens is 424 g/mol. The first-order valence-corrected chi connectivity index (χ1v) is 11.4. The van der Waals surface area contributed by atoms with Crippen LogP contribution in [0.25, 0.3) is 0 Å². The SMILES string of the molecule is Cc1cc(OCC2(CC(N)=O)CCN(C(=O)c3ccc(C(C)(C)C)cc3)CC2)ccc1Cl. The van der Waals surface area contributed by atoms with Gasteiger partial charge in [0.15, 0.2) is 0 Å². The van der Waals surface area contributed by atoms with E-state index in [2.05, 4.69) is 20.8 Å². The molecule has 0 radical (unpaired) electrons. The Bertz CT molecular complexity index is 972. The smallest absolute Gasteiger partial charge is 0.253 e. The van der Waals surface area contributed by atoms with Gasteiger partial charge in [-0.25, -0.2) is 0 Å². The zero-order valence-corrected chi connectivity index (χ0v) is 20.2. The first kappa shape index (κ1) is 24.1. The number of piperidine rings is 1. The molecule has 0 bridgehead atoms. The van der Waals surface area contributed by atoms with Crippen LogP contribution in [0.15, 0.2) is 42.5 Å². The molecule has 1 saturated heterocycles. The fourth-order valence-electron chi connectivity index (χ4n) is 4.16. The lowest BCUT2D eigenvalue weighted by Gasteiger charge is -2.41. The van der Waals surface area contributed by atoms with E-state index in [9.17, 15) is 9.59 Å². The van der Waals surface area contributed by atoms with Crippen molar-refractivity contribution >= 4 is 23.4 Å². The summed E-state index contributed by atoms with van der Waals surface area (Å²) in [5.41, 5.74) is 8.05. The average Bonchev–Trinajstić information content (AvgIpc) is 2.74. The van der Waals surface area contributed by atoms with E-state index < -0.39 is 0 Å². The maximum Gasteiger partial charge on any atom is 0.253 e. The normalized spacial score (nSPS) is 16.0. The van der Waals surface area contributed by atoms with Gasteiger partial charge in [0, 0.05) is 35.5 Å². The summed E-state index contributed by atoms with van der Waals surface area (Å²) in [7, 11) is 0. The van der Waals surface area contributed by atoms with E-state index in [4.69, 9.17) is 22.1 Å². The number of primary amides is 1. The van der Waals surface area contributed by atoms with Crippen molar-refractivity contribution in [1.29, 1.82) is 0 Å². The van der Waals surface area contributed by atoms with Gasteiger partial charge in [0.2, 0.25) is 5.91 Å². The van der Waals surface area contributed by atoms with Crippen LogP contribution >= 0.6 is 11.6 Å². The van der Waals surface area contributed by atoms with Crippen molar-refractivity contribution < 1.29 is 14.3 Å². The zero-order valence-electron chi connectivity index (χ0n) is 19.4. The van der Waals surface area contributed by atoms with Gasteiger partial charge in [0.05, 0.1) is 6.61 Å². The number of nitrogens with two attached hydrogens (primary N) is 1. The second-order valence-corrected chi connectivity index (χ2v) is 10.4. The van der Waals surface area contributed by atoms with Gasteiger partial charge in [-0.3, -0.25) is 9.59 Å². The molecule has 1 fully saturated rings. The van der Waals surface area contributed by atoms with Gasteiger partial charge in [-0.05, 0) is 66.6 Å². The molecule has 0 aliphatic carbocycles. The molecule has 0 saturated carbocycles. The van der Waals surface area contributed by atoms with E-state index in [0.29, 0.717) is 48.9 Å². The van der Waals surface area contributed by atoms with Crippen LogP contribution in [0, 0.1) is 12.3 Å². The van der Waals surface area contributed by atoms with Crippen molar-refractivity contribution in [3.8, 4) is 5.75 Å². The minimum absolute atomic E-state index is 0.0207. The summed E-state index contributed by atoms with van der Waals surface area (Å²) in [6.45, 7) is 9.89. The summed E-state index contributed by atoms with van der Waals surface area (Å²) in [4.78, 5) is 26.7. The van der Waals surface area contributed by atoms with Crippen molar-refractivity contribution in [2.45, 2.75) is 52.4 Å². The molecule has 2 N–H and O–H groups in total. The third kappa shape index (κ3) is 5.83. The number of rotatable bonds is 6. The fourth-order valence-corrected chi connectivity index (χ4v) is 4.28. The Morgan fingerprint density at radius 3 is 2.25 bits per heavy atom. The average molecular weight is 457 g/mol. The van der Waals surface area contributed by atoms with Crippen molar-refractivity contribution in [1.82, 2.24) is 4.90 Å². The lowest BCUT2D eigenvalue weighted by molar-refractivity contribution is -0.121. The summed E-state index contributed by atoms with van der Waals surface area (Å²) in [6, 6.07) is 13.4. The summed E-state index contributed by atoms with van der Waals surface area (Å²) in [5.74, 6) is 0.388. The van der Waals surface area contributed by atoms with Gasteiger partial charge < -0.3 is 15.4 Å². The minimum Gasteiger partial charge on any atom is -0.493 e. The van der Waals surface area contributed by atoms with Crippen molar-refractivity contribution in [3.63, 3.8) is 0 Å². The summed E-state index contributed by atoms with van der Waals surface area (Å²) in [5, 5.41) is 0.687. The van der Waals surface area contributed by atoms with Gasteiger partial charge >= 0.3 is 0 Å². The Kier molecular flexibility index (Phi) is 7.19. The van der Waals surface area contributed by atoms with Gasteiger partial charge in [0.25, 0.3) is 5.91 Å². The van der Waals surface area contributed by atoms with Crippen LogP contribution < -0.4 is 10.5 Å². The number of hydrogen-bond acceptors (Lipinski definition) is 3. The van der Waals surface area contributed by atoms with Crippen LogP contribution in [0.2, 0.25) is 5.02 Å². The van der Waals surface area contributed by atoms with E-state index in [-0.39, 0.29) is 29.1 Å². The van der Waals surface area contributed by atoms with Gasteiger partial charge in [0.1, 0.15) is 5.75 Å². The molecule has 6 heteroatoms. The summed E-state index contributed by atoms with van der Waals surface area (Å²) < 4.78 is 6.04. The van der Waals surface area contributed by atoms with Crippen molar-refractivity contribution in [2.24, 2.45) is 11.1 Å². The van der Waals surface area contributed by atoms with E-state index in [0.717, 1.165) is 5.56 Å². The van der Waals surface area contributed by atoms with Crippen LogP contribution in [-0.2, 0) is 10.2 Å². The Hall–Kier alpha value is -2.53. The number of carbonyl (C=O) groups is 2. The van der Waals surface area contributed by atoms with Crippen LogP contribution in [0.4, 0.5) is 0 Å². The van der Waals surface area contributed by atoms with E-state index in [1.165, 1.54) is 5.56 Å². The zero-order chi connectivity index (χ0) is 23.5. The van der Waals surface area contributed by atoms with Crippen molar-refractivity contribution in [3.05, 3.63) is 64.2 Å². The number of likely N-dealkylation sites (tertiary alicyclic amines) is 1. The number of amides is 2. The number of benzene rings is 2. The van der Waals surface area contributed by atoms with E-state index >= 15 is 0 Å². The molecule has 172 valence electrons. The maximum atomic E-state index is 13.0. The Morgan fingerprint density at radius 2 is 1.72 bits per heavy atom. The third-order valence-electron chi connectivity index (χ3n) is 6.33. The molecular formula is C26H33ClN2O3. The first-order valence-electron chi connectivity index (χ1n) is 11.1. The second kappa shape index (κ2) is 9.53. The standard InChI is InChI=1S/C26H33ClN2O3/c1-18-15-21(9-10-22(18)27)32-17-26(16-23(28)30)11-13-29(14-12-26)24(31)19-5-7-20(8-6-19)25(2,3)4/h5-10,15H,11-14,16-17H2,1-4H3,(H2,28,30).